The van der Waals surface area contributed by atoms with Crippen molar-refractivity contribution in [2.24, 2.45) is 5.73 Å². The molecule has 2 atom stereocenters. The average molecular weight is 267 g/mol. The number of primary amides is 1. The number of rotatable bonds is 2. The van der Waals surface area contributed by atoms with Crippen LogP contribution < -0.4 is 11.5 Å². The maximum absolute atomic E-state index is 13.2. The summed E-state index contributed by atoms with van der Waals surface area (Å²) in [6, 6.07) is 2.51. The van der Waals surface area contributed by atoms with E-state index in [9.17, 15) is 19.1 Å². The lowest BCUT2D eigenvalue weighted by molar-refractivity contribution is -0.121. The second-order valence-corrected chi connectivity index (χ2v) is 4.50. The number of anilines is 1. The van der Waals surface area contributed by atoms with Gasteiger partial charge in [0.25, 0.3) is 5.91 Å². The molecule has 0 spiro atoms. The molecular formula is C12H14FN3O3. The number of likely N-dealkylation sites (tertiary alicyclic amines) is 1. The first-order valence-electron chi connectivity index (χ1n) is 5.73. The molecule has 0 bridgehead atoms. The van der Waals surface area contributed by atoms with Gasteiger partial charge < -0.3 is 21.5 Å². The Morgan fingerprint density at radius 3 is 2.74 bits per heavy atom. The van der Waals surface area contributed by atoms with Crippen LogP contribution in [0.25, 0.3) is 0 Å². The van der Waals surface area contributed by atoms with Gasteiger partial charge in [-0.3, -0.25) is 9.59 Å². The van der Waals surface area contributed by atoms with Crippen molar-refractivity contribution in [2.45, 2.75) is 18.6 Å². The number of hydrogen-bond acceptors (Lipinski definition) is 4. The number of halogens is 1. The summed E-state index contributed by atoms with van der Waals surface area (Å²) in [5.74, 6) is -1.93. The third kappa shape index (κ3) is 2.50. The van der Waals surface area contributed by atoms with Gasteiger partial charge in [0, 0.05) is 18.7 Å². The molecule has 1 fully saturated rings. The lowest BCUT2D eigenvalue weighted by Crippen LogP contribution is -2.44. The minimum absolute atomic E-state index is 0.0254. The minimum atomic E-state index is -0.898. The highest BCUT2D eigenvalue weighted by Gasteiger charge is 2.38. The van der Waals surface area contributed by atoms with E-state index in [1.807, 2.05) is 0 Å². The molecule has 5 N–H and O–H groups in total. The van der Waals surface area contributed by atoms with Crippen LogP contribution >= 0.6 is 0 Å². The van der Waals surface area contributed by atoms with Gasteiger partial charge in [0.05, 0.1) is 11.7 Å². The maximum Gasteiger partial charge on any atom is 0.256 e. The monoisotopic (exact) mass is 267 g/mol. The number of nitrogens with zero attached hydrogens (tertiary/aromatic N) is 1. The van der Waals surface area contributed by atoms with Crippen LogP contribution in [0, 0.1) is 5.82 Å². The first-order chi connectivity index (χ1) is 8.90. The van der Waals surface area contributed by atoms with Gasteiger partial charge in [0.15, 0.2) is 0 Å². The highest BCUT2D eigenvalue weighted by Crippen LogP contribution is 2.23. The number of carbonyl (C=O) groups is 2. The lowest BCUT2D eigenvalue weighted by Gasteiger charge is -2.22. The van der Waals surface area contributed by atoms with Crippen molar-refractivity contribution in [3.05, 3.63) is 29.6 Å². The number of hydrogen-bond donors (Lipinski definition) is 3. The topological polar surface area (TPSA) is 110 Å². The summed E-state index contributed by atoms with van der Waals surface area (Å²) in [5, 5.41) is 9.53. The highest BCUT2D eigenvalue weighted by atomic mass is 19.1. The number of β-amino-alcohol motifs (C(OH)–C–C–N with tert-alkyl or cyclic N) is 1. The maximum atomic E-state index is 13.2. The Hall–Kier alpha value is -2.15. The molecule has 1 aliphatic heterocycles. The fourth-order valence-electron chi connectivity index (χ4n) is 2.18. The normalized spacial score (nSPS) is 22.5. The molecule has 7 heteroatoms. The standard InChI is InChI=1S/C12H14FN3O3/c13-6-1-2-9(14)8(3-6)12(19)16-5-7(17)4-10(16)11(15)18/h1-3,7,10,17H,4-5,14H2,(H2,15,18). The minimum Gasteiger partial charge on any atom is -0.398 e. The summed E-state index contributed by atoms with van der Waals surface area (Å²) < 4.78 is 13.2. The molecular weight excluding hydrogens is 253 g/mol. The SMILES string of the molecule is NC(=O)C1CC(O)CN1C(=O)c1cc(F)ccc1N. The molecule has 0 aromatic heterocycles. The zero-order chi connectivity index (χ0) is 14.2. The van der Waals surface area contributed by atoms with E-state index in [1.54, 1.807) is 0 Å². The van der Waals surface area contributed by atoms with Crippen LogP contribution in [-0.4, -0.2) is 40.5 Å². The lowest BCUT2D eigenvalue weighted by atomic mass is 10.1. The molecule has 2 unspecified atom stereocenters. The van der Waals surface area contributed by atoms with E-state index < -0.39 is 29.8 Å². The third-order valence-corrected chi connectivity index (χ3v) is 3.11. The van der Waals surface area contributed by atoms with Gasteiger partial charge in [0.2, 0.25) is 5.91 Å². The quantitative estimate of drug-likeness (QED) is 0.625. The van der Waals surface area contributed by atoms with E-state index in [1.165, 1.54) is 6.07 Å². The van der Waals surface area contributed by atoms with Crippen molar-refractivity contribution >= 4 is 17.5 Å². The Kier molecular flexibility index (Phi) is 3.39. The molecule has 1 heterocycles. The summed E-state index contributed by atoms with van der Waals surface area (Å²) in [4.78, 5) is 24.6. The fourth-order valence-corrected chi connectivity index (χ4v) is 2.18. The predicted molar refractivity (Wildman–Crippen MR) is 65.5 cm³/mol. The molecule has 2 rings (SSSR count). The van der Waals surface area contributed by atoms with Crippen molar-refractivity contribution in [2.75, 3.05) is 12.3 Å². The molecule has 2 amide bonds. The van der Waals surface area contributed by atoms with E-state index in [2.05, 4.69) is 0 Å². The second-order valence-electron chi connectivity index (χ2n) is 4.50. The Bertz CT molecular complexity index is 535. The molecule has 0 aliphatic carbocycles. The van der Waals surface area contributed by atoms with Crippen molar-refractivity contribution in [3.8, 4) is 0 Å². The Balaban J connectivity index is 2.33. The highest BCUT2D eigenvalue weighted by molar-refractivity contribution is 6.01. The van der Waals surface area contributed by atoms with Crippen molar-refractivity contribution < 1.29 is 19.1 Å². The molecule has 0 radical (unpaired) electrons. The van der Waals surface area contributed by atoms with E-state index >= 15 is 0 Å². The van der Waals surface area contributed by atoms with Crippen LogP contribution in [0.2, 0.25) is 0 Å². The average Bonchev–Trinajstić information content (AvgIpc) is 2.74. The van der Waals surface area contributed by atoms with Crippen LogP contribution in [-0.2, 0) is 4.79 Å². The number of aliphatic hydroxyl groups excluding tert-OH is 1. The summed E-state index contributed by atoms with van der Waals surface area (Å²) in [7, 11) is 0. The molecule has 1 aromatic rings. The molecule has 6 nitrogen and oxygen atoms in total. The zero-order valence-corrected chi connectivity index (χ0v) is 10.0. The van der Waals surface area contributed by atoms with E-state index in [-0.39, 0.29) is 24.2 Å². The summed E-state index contributed by atoms with van der Waals surface area (Å²) in [6.45, 7) is -0.0254. The van der Waals surface area contributed by atoms with Gasteiger partial charge >= 0.3 is 0 Å². The van der Waals surface area contributed by atoms with Gasteiger partial charge in [-0.25, -0.2) is 4.39 Å². The van der Waals surface area contributed by atoms with Gasteiger partial charge in [-0.05, 0) is 18.2 Å². The Morgan fingerprint density at radius 2 is 2.11 bits per heavy atom. The number of aliphatic hydroxyl groups is 1. The van der Waals surface area contributed by atoms with Gasteiger partial charge in [-0.1, -0.05) is 0 Å². The van der Waals surface area contributed by atoms with E-state index in [0.717, 1.165) is 17.0 Å². The number of benzene rings is 1. The van der Waals surface area contributed by atoms with Crippen LogP contribution in [0.4, 0.5) is 10.1 Å². The second kappa shape index (κ2) is 4.85. The zero-order valence-electron chi connectivity index (χ0n) is 10.0. The summed E-state index contributed by atoms with van der Waals surface area (Å²) >= 11 is 0. The number of amides is 2. The molecule has 19 heavy (non-hydrogen) atoms. The van der Waals surface area contributed by atoms with Crippen molar-refractivity contribution in [1.82, 2.24) is 4.90 Å². The first kappa shape index (κ1) is 13.3. The molecule has 1 saturated heterocycles. The number of nitrogen functional groups attached to an aromatic ring is 1. The summed E-state index contributed by atoms with van der Waals surface area (Å²) in [6.07, 6.45) is -0.743. The fraction of sp³-hybridized carbons (Fsp3) is 0.333. The van der Waals surface area contributed by atoms with Crippen LogP contribution in [0.1, 0.15) is 16.8 Å². The van der Waals surface area contributed by atoms with Crippen LogP contribution in [0.5, 0.6) is 0 Å². The third-order valence-electron chi connectivity index (χ3n) is 3.11. The van der Waals surface area contributed by atoms with Crippen molar-refractivity contribution in [1.29, 1.82) is 0 Å². The van der Waals surface area contributed by atoms with E-state index in [4.69, 9.17) is 11.5 Å². The predicted octanol–water partition coefficient (Wildman–Crippen LogP) is -0.531. The van der Waals surface area contributed by atoms with Crippen molar-refractivity contribution in [3.63, 3.8) is 0 Å². The Morgan fingerprint density at radius 1 is 1.42 bits per heavy atom. The van der Waals surface area contributed by atoms with Crippen LogP contribution in [0.3, 0.4) is 0 Å². The summed E-state index contributed by atoms with van der Waals surface area (Å²) in [5.41, 5.74) is 10.9. The molecule has 102 valence electrons. The molecule has 1 aromatic carbocycles. The number of carbonyl (C=O) groups excluding carboxylic acids is 2. The first-order valence-corrected chi connectivity index (χ1v) is 5.73. The smallest absolute Gasteiger partial charge is 0.256 e. The van der Waals surface area contributed by atoms with Gasteiger partial charge in [-0.15, -0.1) is 0 Å². The molecule has 0 saturated carbocycles. The Labute approximate surface area is 108 Å². The van der Waals surface area contributed by atoms with Gasteiger partial charge in [0.1, 0.15) is 11.9 Å². The van der Waals surface area contributed by atoms with E-state index in [0.29, 0.717) is 0 Å². The molecule has 1 aliphatic rings. The van der Waals surface area contributed by atoms with Crippen LogP contribution in [0.15, 0.2) is 18.2 Å². The number of nitrogens with two attached hydrogens (primary N) is 2. The largest absolute Gasteiger partial charge is 0.398 e. The van der Waals surface area contributed by atoms with Gasteiger partial charge in [-0.2, -0.15) is 0 Å².